The molecular weight excluding hydrogens is 208 g/mol. The van der Waals surface area contributed by atoms with Crippen LogP contribution in [-0.4, -0.2) is 16.3 Å². The molecule has 0 amide bonds. The molecule has 82 valence electrons. The van der Waals surface area contributed by atoms with Gasteiger partial charge in [-0.25, -0.2) is 9.68 Å². The summed E-state index contributed by atoms with van der Waals surface area (Å²) in [4.78, 5) is 15.1. The highest BCUT2D eigenvalue weighted by molar-refractivity contribution is 6.04. The Morgan fingerprint density at radius 1 is 1.12 bits per heavy atom. The largest absolute Gasteiger partial charge is 0.478 e. The third-order valence-electron chi connectivity index (χ3n) is 2.46. The summed E-state index contributed by atoms with van der Waals surface area (Å²) in [6.45, 7) is 0.0421. The first-order valence-electron chi connectivity index (χ1n) is 4.74. The number of benzene rings is 2. The van der Waals surface area contributed by atoms with Crippen molar-refractivity contribution in [3.8, 4) is 0 Å². The average Bonchev–Trinajstić information content (AvgIpc) is 2.29. The number of rotatable bonds is 3. The number of carboxylic acids is 1. The predicted molar refractivity (Wildman–Crippen MR) is 58.3 cm³/mol. The molecule has 2 rings (SSSR count). The fourth-order valence-electron chi connectivity index (χ4n) is 1.76. The van der Waals surface area contributed by atoms with Crippen LogP contribution < -0.4 is 0 Å². The number of fused-ring (bicyclic) bond motifs is 1. The molecule has 0 heterocycles. The minimum absolute atomic E-state index is 0.0421. The van der Waals surface area contributed by atoms with E-state index in [2.05, 4.69) is 4.89 Å². The summed E-state index contributed by atoms with van der Waals surface area (Å²) in [6, 6.07) is 10.3. The van der Waals surface area contributed by atoms with Crippen LogP contribution in [0.2, 0.25) is 0 Å². The molecule has 2 N–H and O–H groups in total. The topological polar surface area (TPSA) is 66.8 Å². The molecule has 0 atom stereocenters. The number of carbonyl (C=O) groups is 1. The molecule has 0 bridgehead atoms. The van der Waals surface area contributed by atoms with Crippen LogP contribution in [0.1, 0.15) is 15.9 Å². The van der Waals surface area contributed by atoms with Gasteiger partial charge in [0.25, 0.3) is 0 Å². The van der Waals surface area contributed by atoms with Gasteiger partial charge in [-0.3, -0.25) is 5.26 Å². The highest BCUT2D eigenvalue weighted by Gasteiger charge is 2.09. The lowest BCUT2D eigenvalue weighted by Gasteiger charge is -2.06. The van der Waals surface area contributed by atoms with Crippen molar-refractivity contribution in [3.05, 3.63) is 47.5 Å². The fourth-order valence-corrected chi connectivity index (χ4v) is 1.76. The van der Waals surface area contributed by atoms with Gasteiger partial charge in [0.1, 0.15) is 6.61 Å². The van der Waals surface area contributed by atoms with Crippen LogP contribution >= 0.6 is 0 Å². The van der Waals surface area contributed by atoms with E-state index in [0.717, 1.165) is 10.9 Å². The summed E-state index contributed by atoms with van der Waals surface area (Å²) in [5.41, 5.74) is 1.00. The molecule has 0 saturated heterocycles. The lowest BCUT2D eigenvalue weighted by molar-refractivity contribution is -0.252. The normalized spacial score (nSPS) is 10.6. The third-order valence-corrected chi connectivity index (χ3v) is 2.46. The second-order valence-electron chi connectivity index (χ2n) is 3.40. The first-order valence-corrected chi connectivity index (χ1v) is 4.74. The molecule has 0 aromatic heterocycles. The zero-order valence-electron chi connectivity index (χ0n) is 8.38. The summed E-state index contributed by atoms with van der Waals surface area (Å²) in [5, 5.41) is 18.9. The Morgan fingerprint density at radius 3 is 2.50 bits per heavy atom. The molecule has 0 aliphatic heterocycles. The van der Waals surface area contributed by atoms with E-state index in [9.17, 15) is 4.79 Å². The molecule has 2 aromatic carbocycles. The van der Waals surface area contributed by atoms with Gasteiger partial charge >= 0.3 is 5.97 Å². The van der Waals surface area contributed by atoms with Crippen molar-refractivity contribution in [3.63, 3.8) is 0 Å². The lowest BCUT2D eigenvalue weighted by Crippen LogP contribution is -1.98. The Bertz CT molecular complexity index is 534. The van der Waals surface area contributed by atoms with E-state index in [-0.39, 0.29) is 12.2 Å². The molecule has 0 spiro atoms. The van der Waals surface area contributed by atoms with Crippen LogP contribution in [0, 0.1) is 0 Å². The Balaban J connectivity index is 2.71. The molecule has 4 heteroatoms. The SMILES string of the molecule is O=C(O)c1cccc2c(COO)cccc12. The fraction of sp³-hybridized carbons (Fsp3) is 0.0833. The monoisotopic (exact) mass is 218 g/mol. The van der Waals surface area contributed by atoms with E-state index < -0.39 is 5.97 Å². The molecule has 2 aromatic rings. The lowest BCUT2D eigenvalue weighted by atomic mass is 10.0. The van der Waals surface area contributed by atoms with Crippen molar-refractivity contribution in [1.29, 1.82) is 0 Å². The molecule has 0 saturated carbocycles. The van der Waals surface area contributed by atoms with Crippen LogP contribution in [0.3, 0.4) is 0 Å². The first kappa shape index (κ1) is 10.6. The van der Waals surface area contributed by atoms with Crippen molar-refractivity contribution in [2.45, 2.75) is 6.61 Å². The maximum atomic E-state index is 11.0. The molecule has 0 unspecified atom stereocenters. The van der Waals surface area contributed by atoms with Gasteiger partial charge < -0.3 is 5.11 Å². The third kappa shape index (κ3) is 1.76. The van der Waals surface area contributed by atoms with Crippen LogP contribution in [0.5, 0.6) is 0 Å². The Morgan fingerprint density at radius 2 is 1.81 bits per heavy atom. The minimum atomic E-state index is -0.965. The highest BCUT2D eigenvalue weighted by Crippen LogP contribution is 2.23. The Labute approximate surface area is 91.6 Å². The summed E-state index contributed by atoms with van der Waals surface area (Å²) in [6.07, 6.45) is 0. The second kappa shape index (κ2) is 4.30. The molecule has 4 nitrogen and oxygen atoms in total. The van der Waals surface area contributed by atoms with Crippen LogP contribution in [0.15, 0.2) is 36.4 Å². The van der Waals surface area contributed by atoms with Crippen LogP contribution in [0.25, 0.3) is 10.8 Å². The van der Waals surface area contributed by atoms with Crippen molar-refractivity contribution in [2.75, 3.05) is 0 Å². The second-order valence-corrected chi connectivity index (χ2v) is 3.40. The van der Waals surface area contributed by atoms with Gasteiger partial charge in [0.05, 0.1) is 5.56 Å². The smallest absolute Gasteiger partial charge is 0.336 e. The van der Waals surface area contributed by atoms with E-state index in [1.54, 1.807) is 36.4 Å². The highest BCUT2D eigenvalue weighted by atomic mass is 17.1. The molecule has 0 aliphatic carbocycles. The Hall–Kier alpha value is -1.91. The number of hydrogen-bond donors (Lipinski definition) is 2. The van der Waals surface area contributed by atoms with E-state index in [0.29, 0.717) is 5.39 Å². The summed E-state index contributed by atoms with van der Waals surface area (Å²) in [5.74, 6) is -0.965. The van der Waals surface area contributed by atoms with Gasteiger partial charge in [0.15, 0.2) is 0 Å². The maximum absolute atomic E-state index is 11.0. The molecule has 16 heavy (non-hydrogen) atoms. The average molecular weight is 218 g/mol. The summed E-state index contributed by atoms with van der Waals surface area (Å²) >= 11 is 0. The van der Waals surface area contributed by atoms with E-state index in [4.69, 9.17) is 10.4 Å². The molecule has 0 radical (unpaired) electrons. The van der Waals surface area contributed by atoms with Crippen molar-refractivity contribution >= 4 is 16.7 Å². The standard InChI is InChI=1S/C12H10O4/c13-12(14)11-6-2-4-9-8(7-16-15)3-1-5-10(9)11/h1-6,15H,7H2,(H,13,14). The van der Waals surface area contributed by atoms with Gasteiger partial charge in [0, 0.05) is 0 Å². The zero-order valence-corrected chi connectivity index (χ0v) is 8.38. The van der Waals surface area contributed by atoms with Crippen molar-refractivity contribution in [2.24, 2.45) is 0 Å². The number of hydrogen-bond acceptors (Lipinski definition) is 3. The van der Waals surface area contributed by atoms with Gasteiger partial charge in [-0.1, -0.05) is 30.3 Å². The van der Waals surface area contributed by atoms with E-state index in [1.807, 2.05) is 0 Å². The summed E-state index contributed by atoms with van der Waals surface area (Å²) in [7, 11) is 0. The molecule has 0 fully saturated rings. The van der Waals surface area contributed by atoms with Gasteiger partial charge in [-0.2, -0.15) is 0 Å². The van der Waals surface area contributed by atoms with E-state index in [1.165, 1.54) is 0 Å². The number of aromatic carboxylic acids is 1. The predicted octanol–water partition coefficient (Wildman–Crippen LogP) is 2.53. The molecular formula is C12H10O4. The Kier molecular flexibility index (Phi) is 2.85. The van der Waals surface area contributed by atoms with Crippen molar-refractivity contribution < 1.29 is 20.0 Å². The van der Waals surface area contributed by atoms with Crippen molar-refractivity contribution in [1.82, 2.24) is 0 Å². The van der Waals surface area contributed by atoms with Gasteiger partial charge in [-0.05, 0) is 22.4 Å². The quantitative estimate of drug-likeness (QED) is 0.613. The maximum Gasteiger partial charge on any atom is 0.336 e. The van der Waals surface area contributed by atoms with Crippen LogP contribution in [-0.2, 0) is 11.5 Å². The number of carboxylic acid groups (broad SMARTS) is 1. The minimum Gasteiger partial charge on any atom is -0.478 e. The first-order chi connectivity index (χ1) is 7.74. The zero-order chi connectivity index (χ0) is 11.5. The van der Waals surface area contributed by atoms with Crippen LogP contribution in [0.4, 0.5) is 0 Å². The van der Waals surface area contributed by atoms with Gasteiger partial charge in [0.2, 0.25) is 0 Å². The molecule has 0 aliphatic rings. The summed E-state index contributed by atoms with van der Waals surface area (Å²) < 4.78 is 0. The van der Waals surface area contributed by atoms with E-state index >= 15 is 0 Å². The van der Waals surface area contributed by atoms with Gasteiger partial charge in [-0.15, -0.1) is 0 Å².